The fourth-order valence-electron chi connectivity index (χ4n) is 6.54. The highest BCUT2D eigenvalue weighted by molar-refractivity contribution is 5.96. The van der Waals surface area contributed by atoms with Crippen molar-refractivity contribution in [1.82, 2.24) is 47.9 Å². The Bertz CT molecular complexity index is 1780. The van der Waals surface area contributed by atoms with E-state index in [1.165, 1.54) is 13.8 Å². The van der Waals surface area contributed by atoms with Crippen LogP contribution in [0.5, 0.6) is 0 Å². The van der Waals surface area contributed by atoms with E-state index in [4.69, 9.17) is 19.9 Å². The summed E-state index contributed by atoms with van der Waals surface area (Å²) in [5.74, 6) is -5.22. The number of ether oxygens (including phenoxy) is 3. The highest BCUT2D eigenvalue weighted by Crippen LogP contribution is 2.12. The van der Waals surface area contributed by atoms with Crippen LogP contribution < -0.4 is 53.6 Å². The van der Waals surface area contributed by atoms with E-state index in [1.54, 1.807) is 62.3 Å². The molecule has 420 valence electrons. The van der Waals surface area contributed by atoms with Crippen molar-refractivity contribution in [2.24, 2.45) is 5.73 Å². The molecule has 0 aromatic rings. The summed E-state index contributed by atoms with van der Waals surface area (Å²) >= 11 is 0. The van der Waals surface area contributed by atoms with Gasteiger partial charge in [0.2, 0.25) is 35.4 Å². The average molecular weight is 1040 g/mol. The molecule has 9 amide bonds. The molecule has 0 saturated heterocycles. The Labute approximate surface area is 431 Å². The van der Waals surface area contributed by atoms with Crippen LogP contribution in [-0.4, -0.2) is 144 Å². The third-order valence-corrected chi connectivity index (χ3v) is 10.2. The average Bonchev–Trinajstić information content (AvgIpc) is 3.24. The summed E-state index contributed by atoms with van der Waals surface area (Å²) < 4.78 is 15.7. The van der Waals surface area contributed by atoms with E-state index in [0.29, 0.717) is 64.3 Å². The number of carbonyl (C=O) groups is 10. The zero-order valence-corrected chi connectivity index (χ0v) is 45.5. The summed E-state index contributed by atoms with van der Waals surface area (Å²) in [6.45, 7) is 21.0. The molecule has 24 heteroatoms. The second kappa shape index (κ2) is 34.5. The monoisotopic (exact) mass is 1040 g/mol. The number of carbonyl (C=O) groups excluding carboxylic acids is 9. The number of hydrogen-bond acceptors (Lipinski definition) is 14. The number of aliphatic carboxylic acids is 1. The van der Waals surface area contributed by atoms with Crippen LogP contribution in [0, 0.1) is 0 Å². The molecule has 0 fully saturated rings. The van der Waals surface area contributed by atoms with Crippen molar-refractivity contribution in [1.29, 1.82) is 0 Å². The van der Waals surface area contributed by atoms with Gasteiger partial charge in [-0.05, 0) is 160 Å². The highest BCUT2D eigenvalue weighted by Gasteiger charge is 2.32. The first-order chi connectivity index (χ1) is 33.8. The highest BCUT2D eigenvalue weighted by atomic mass is 16.6. The first-order valence-electron chi connectivity index (χ1n) is 25.5. The maximum Gasteiger partial charge on any atom is 0.407 e. The lowest BCUT2D eigenvalue weighted by Gasteiger charge is -2.27. The molecule has 0 rings (SSSR count). The second-order valence-electron chi connectivity index (χ2n) is 21.0. The molecule has 0 aliphatic carbocycles. The van der Waals surface area contributed by atoms with E-state index in [0.717, 1.165) is 0 Å². The standard InChI is InChI=1S/C49H90N10O14/c1-13-22-37(60)51-27-18-14-25-35(58-41(64)34(56-38(61)31(2)50)24-16-20-29-53-45(69)72-48(7,8)9)42(65)57-33(23-15-19-28-52-44(68)71-47(4,5)6)40(63)55-32(3)39(62)59-36(43(66)67)26-17-21-30-54-46(70)73-49(10,11)12/h31-36H,13-30,50H2,1-12H3,(H,51,60)(H,52,68)(H,53,69)(H,54,70)(H,55,63)(H,56,61)(H,57,65)(H,58,64)(H,59,62)(H,66,67)/t31-,32-,33?,34+,35-,36?/m1/s1. The number of unbranched alkanes of at least 4 members (excludes halogenated alkanes) is 4. The molecule has 0 heterocycles. The van der Waals surface area contributed by atoms with Crippen LogP contribution in [0.2, 0.25) is 0 Å². The first kappa shape index (κ1) is 67.1. The smallest absolute Gasteiger partial charge is 0.407 e. The van der Waals surface area contributed by atoms with Crippen LogP contribution in [0.4, 0.5) is 14.4 Å². The van der Waals surface area contributed by atoms with Crippen LogP contribution in [0.3, 0.4) is 0 Å². The molecule has 0 aromatic carbocycles. The molecule has 0 radical (unpaired) electrons. The van der Waals surface area contributed by atoms with Crippen LogP contribution in [0.15, 0.2) is 0 Å². The Hall–Kier alpha value is -5.94. The molecular weight excluding hydrogens is 953 g/mol. The fraction of sp³-hybridized carbons (Fsp3) is 0.796. The molecule has 24 nitrogen and oxygen atoms in total. The normalized spacial score (nSPS) is 14.0. The van der Waals surface area contributed by atoms with Crippen LogP contribution in [0.1, 0.15) is 173 Å². The van der Waals surface area contributed by atoms with Gasteiger partial charge in [-0.2, -0.15) is 0 Å². The Morgan fingerprint density at radius 2 is 0.740 bits per heavy atom. The third-order valence-electron chi connectivity index (χ3n) is 10.2. The van der Waals surface area contributed by atoms with Gasteiger partial charge in [-0.25, -0.2) is 19.2 Å². The quantitative estimate of drug-likeness (QED) is 0.0332. The number of amides is 9. The molecule has 0 bridgehead atoms. The molecule has 0 spiro atoms. The molecule has 2 unspecified atom stereocenters. The largest absolute Gasteiger partial charge is 0.480 e. The topological polar surface area (TPSA) is 353 Å². The number of nitrogens with one attached hydrogen (secondary N) is 9. The molecule has 0 aliphatic rings. The first-order valence-corrected chi connectivity index (χ1v) is 25.5. The number of hydrogen-bond donors (Lipinski definition) is 11. The lowest BCUT2D eigenvalue weighted by atomic mass is 10.0. The van der Waals surface area contributed by atoms with Gasteiger partial charge in [0.1, 0.15) is 47.0 Å². The van der Waals surface area contributed by atoms with Crippen molar-refractivity contribution in [3.63, 3.8) is 0 Å². The predicted octanol–water partition coefficient (Wildman–Crippen LogP) is 3.03. The SMILES string of the molecule is CCCC(=O)NCCCC[C@@H](NC(=O)[C@H](CCCCNC(=O)OC(C)(C)C)NC(=O)[C@@H](C)N)C(=O)NC(CCCCNC(=O)OC(C)(C)C)C(=O)N[C@H](C)C(=O)NC(CCCCNC(=O)OC(C)(C)C)C(=O)O. The van der Waals surface area contributed by atoms with Crippen LogP contribution in [-0.2, 0) is 47.8 Å². The lowest BCUT2D eigenvalue weighted by Crippen LogP contribution is -2.58. The molecule has 0 aliphatic heterocycles. The van der Waals surface area contributed by atoms with Gasteiger partial charge in [0, 0.05) is 32.6 Å². The van der Waals surface area contributed by atoms with E-state index in [-0.39, 0.29) is 57.6 Å². The number of carboxylic acid groups (broad SMARTS) is 1. The van der Waals surface area contributed by atoms with Gasteiger partial charge in [0.15, 0.2) is 0 Å². The maximum atomic E-state index is 14.3. The number of rotatable bonds is 33. The number of carboxylic acids is 1. The van der Waals surface area contributed by atoms with E-state index in [2.05, 4.69) is 47.9 Å². The van der Waals surface area contributed by atoms with Gasteiger partial charge in [-0.15, -0.1) is 0 Å². The summed E-state index contributed by atoms with van der Waals surface area (Å²) in [5, 5.41) is 33.6. The zero-order valence-electron chi connectivity index (χ0n) is 45.5. The molecule has 12 N–H and O–H groups in total. The minimum Gasteiger partial charge on any atom is -0.480 e. The molecule has 6 atom stereocenters. The van der Waals surface area contributed by atoms with Crippen molar-refractivity contribution in [3.8, 4) is 0 Å². The van der Waals surface area contributed by atoms with Gasteiger partial charge in [-0.1, -0.05) is 6.92 Å². The van der Waals surface area contributed by atoms with Gasteiger partial charge in [-0.3, -0.25) is 28.8 Å². The van der Waals surface area contributed by atoms with Crippen molar-refractivity contribution < 1.29 is 67.3 Å². The van der Waals surface area contributed by atoms with Gasteiger partial charge in [0.25, 0.3) is 0 Å². The van der Waals surface area contributed by atoms with E-state index in [1.807, 2.05) is 6.92 Å². The van der Waals surface area contributed by atoms with Gasteiger partial charge < -0.3 is 72.9 Å². The number of nitrogens with two attached hydrogens (primary N) is 1. The summed E-state index contributed by atoms with van der Waals surface area (Å²) in [7, 11) is 0. The zero-order chi connectivity index (χ0) is 56.0. The van der Waals surface area contributed by atoms with Crippen molar-refractivity contribution >= 4 is 59.7 Å². The van der Waals surface area contributed by atoms with Gasteiger partial charge >= 0.3 is 24.2 Å². The Kier molecular flexibility index (Phi) is 31.7. The lowest BCUT2D eigenvalue weighted by molar-refractivity contribution is -0.142. The molecule has 0 saturated carbocycles. The molecule has 0 aromatic heterocycles. The summed E-state index contributed by atoms with van der Waals surface area (Å²) in [6, 6.07) is -7.35. The van der Waals surface area contributed by atoms with Crippen molar-refractivity contribution in [3.05, 3.63) is 0 Å². The second-order valence-corrected chi connectivity index (χ2v) is 21.0. The predicted molar refractivity (Wildman–Crippen MR) is 273 cm³/mol. The fourth-order valence-corrected chi connectivity index (χ4v) is 6.54. The number of alkyl carbamates (subject to hydrolysis) is 3. The summed E-state index contributed by atoms with van der Waals surface area (Å²) in [4.78, 5) is 129. The van der Waals surface area contributed by atoms with Crippen LogP contribution >= 0.6 is 0 Å². The Morgan fingerprint density at radius 1 is 0.438 bits per heavy atom. The van der Waals surface area contributed by atoms with Crippen molar-refractivity contribution in [2.45, 2.75) is 226 Å². The molecule has 73 heavy (non-hydrogen) atoms. The van der Waals surface area contributed by atoms with E-state index in [9.17, 15) is 53.1 Å². The maximum absolute atomic E-state index is 14.3. The Morgan fingerprint density at radius 3 is 1.05 bits per heavy atom. The van der Waals surface area contributed by atoms with E-state index < -0.39 is 107 Å². The minimum absolute atomic E-state index is 0.00701. The summed E-state index contributed by atoms with van der Waals surface area (Å²) in [6.07, 6.45) is 2.02. The van der Waals surface area contributed by atoms with Crippen molar-refractivity contribution in [2.75, 3.05) is 26.2 Å². The van der Waals surface area contributed by atoms with E-state index >= 15 is 0 Å². The summed E-state index contributed by atoms with van der Waals surface area (Å²) in [5.41, 5.74) is 3.68. The third kappa shape index (κ3) is 35.0. The van der Waals surface area contributed by atoms with Crippen LogP contribution in [0.25, 0.3) is 0 Å². The Balaban J connectivity index is 6.39. The van der Waals surface area contributed by atoms with Gasteiger partial charge in [0.05, 0.1) is 6.04 Å². The minimum atomic E-state index is -1.33. The molecular formula is C49H90N10O14.